The molecule has 0 aromatic carbocycles. The van der Waals surface area contributed by atoms with Gasteiger partial charge >= 0.3 is 0 Å². The van der Waals surface area contributed by atoms with Crippen LogP contribution in [0.15, 0.2) is 12.3 Å². The van der Waals surface area contributed by atoms with Gasteiger partial charge in [-0.3, -0.25) is 0 Å². The van der Waals surface area contributed by atoms with Crippen molar-refractivity contribution in [2.24, 2.45) is 0 Å². The highest BCUT2D eigenvalue weighted by Crippen LogP contribution is 2.18. The van der Waals surface area contributed by atoms with Crippen LogP contribution in [0.4, 0.5) is 0 Å². The van der Waals surface area contributed by atoms with Crippen molar-refractivity contribution in [1.82, 2.24) is 10.3 Å². The summed E-state index contributed by atoms with van der Waals surface area (Å²) in [5, 5.41) is 3.58. The maximum Gasteiger partial charge on any atom is 0.144 e. The fourth-order valence-corrected chi connectivity index (χ4v) is 1.45. The minimum Gasteiger partial charge on any atom is -0.490 e. The van der Waals surface area contributed by atoms with Gasteiger partial charge in [-0.05, 0) is 13.0 Å². The molecule has 0 radical (unpaired) electrons. The first-order chi connectivity index (χ1) is 7.29. The third-order valence-corrected chi connectivity index (χ3v) is 2.65. The van der Waals surface area contributed by atoms with E-state index in [1.807, 2.05) is 0 Å². The number of halogens is 2. The molecule has 1 aliphatic rings. The molecule has 0 aliphatic carbocycles. The zero-order valence-corrected chi connectivity index (χ0v) is 10.1. The molecule has 0 amide bonds. The van der Waals surface area contributed by atoms with Crippen LogP contribution in [-0.4, -0.2) is 24.2 Å². The number of nitrogens with zero attached hydrogens (tertiary/aromatic N) is 1. The van der Waals surface area contributed by atoms with E-state index in [0.29, 0.717) is 29.1 Å². The van der Waals surface area contributed by atoms with E-state index in [-0.39, 0.29) is 12.4 Å². The van der Waals surface area contributed by atoms with Crippen molar-refractivity contribution in [3.05, 3.63) is 23.0 Å². The predicted octanol–water partition coefficient (Wildman–Crippen LogP) is 1.88. The smallest absolute Gasteiger partial charge is 0.144 e. The second-order valence-electron chi connectivity index (χ2n) is 3.40. The molecule has 0 bridgehead atoms. The molecular formula is C11H12Cl2N2O. The zero-order chi connectivity index (χ0) is 10.7. The topological polar surface area (TPSA) is 34.1 Å². The lowest BCUT2D eigenvalue weighted by Crippen LogP contribution is -2.46. The highest BCUT2D eigenvalue weighted by atomic mass is 35.5. The largest absolute Gasteiger partial charge is 0.490 e. The Balaban J connectivity index is 0.00000128. The first-order valence-electron chi connectivity index (χ1n) is 4.78. The molecule has 1 N–H and O–H groups in total. The molecule has 5 heteroatoms. The Morgan fingerprint density at radius 2 is 2.44 bits per heavy atom. The Labute approximate surface area is 106 Å². The Bertz CT molecular complexity index is 399. The molecule has 1 atom stereocenters. The molecule has 1 aromatic rings. The fourth-order valence-electron chi connectivity index (χ4n) is 1.30. The number of pyridine rings is 1. The third-order valence-electron chi connectivity index (χ3n) is 2.35. The summed E-state index contributed by atoms with van der Waals surface area (Å²) in [6.45, 7) is 1.72. The predicted molar refractivity (Wildman–Crippen MR) is 66.3 cm³/mol. The van der Waals surface area contributed by atoms with E-state index in [0.717, 1.165) is 13.0 Å². The summed E-state index contributed by atoms with van der Waals surface area (Å²) in [6.07, 6.45) is 8.01. The second-order valence-corrected chi connectivity index (χ2v) is 3.76. The van der Waals surface area contributed by atoms with Crippen LogP contribution in [0.2, 0.25) is 5.15 Å². The summed E-state index contributed by atoms with van der Waals surface area (Å²) in [7, 11) is 0. The maximum absolute atomic E-state index is 5.78. The average Bonchev–Trinajstić information content (AvgIpc) is 2.18. The van der Waals surface area contributed by atoms with Crippen LogP contribution < -0.4 is 10.1 Å². The molecule has 1 fully saturated rings. The van der Waals surface area contributed by atoms with Gasteiger partial charge in [-0.1, -0.05) is 17.5 Å². The number of terminal acetylenes is 1. The van der Waals surface area contributed by atoms with Gasteiger partial charge in [-0.15, -0.1) is 18.8 Å². The van der Waals surface area contributed by atoms with Crippen molar-refractivity contribution in [3.8, 4) is 18.1 Å². The van der Waals surface area contributed by atoms with Crippen LogP contribution in [0.5, 0.6) is 5.75 Å². The van der Waals surface area contributed by atoms with E-state index in [4.69, 9.17) is 22.8 Å². The summed E-state index contributed by atoms with van der Waals surface area (Å²) < 4.78 is 5.53. The van der Waals surface area contributed by atoms with E-state index in [2.05, 4.69) is 16.2 Å². The fraction of sp³-hybridized carbons (Fsp3) is 0.364. The highest BCUT2D eigenvalue weighted by Gasteiger charge is 2.16. The molecule has 86 valence electrons. The number of rotatable bonds is 3. The number of nitrogens with one attached hydrogen (secondary N) is 1. The first kappa shape index (κ1) is 13.1. The standard InChI is InChI=1S/C11H11ClN2O.ClH/c1-2-8-5-10(6-14-11(8)12)15-7-9-3-4-13-9;/h1,5-6,9,13H,3-4,7H2;1H/t9-;/m0./s1. The summed E-state index contributed by atoms with van der Waals surface area (Å²) in [5.41, 5.74) is 0.565. The molecule has 0 unspecified atom stereocenters. The van der Waals surface area contributed by atoms with Gasteiger partial charge in [0.05, 0.1) is 11.8 Å². The zero-order valence-electron chi connectivity index (χ0n) is 8.57. The lowest BCUT2D eigenvalue weighted by molar-refractivity contribution is 0.217. The number of ether oxygens (including phenoxy) is 1. The minimum atomic E-state index is 0. The van der Waals surface area contributed by atoms with Crippen LogP contribution in [0, 0.1) is 12.3 Å². The molecule has 1 aromatic heterocycles. The van der Waals surface area contributed by atoms with Crippen molar-refractivity contribution in [2.45, 2.75) is 12.5 Å². The van der Waals surface area contributed by atoms with Crippen LogP contribution in [0.1, 0.15) is 12.0 Å². The first-order valence-corrected chi connectivity index (χ1v) is 5.15. The molecule has 16 heavy (non-hydrogen) atoms. The van der Waals surface area contributed by atoms with Gasteiger partial charge in [0.15, 0.2) is 0 Å². The third kappa shape index (κ3) is 3.02. The van der Waals surface area contributed by atoms with Gasteiger partial charge in [0, 0.05) is 12.1 Å². The Kier molecular flexibility index (Phi) is 4.88. The van der Waals surface area contributed by atoms with E-state index < -0.39 is 0 Å². The van der Waals surface area contributed by atoms with Crippen molar-refractivity contribution < 1.29 is 4.74 Å². The normalized spacial score (nSPS) is 17.9. The van der Waals surface area contributed by atoms with E-state index in [1.54, 1.807) is 12.3 Å². The van der Waals surface area contributed by atoms with Crippen LogP contribution in [-0.2, 0) is 0 Å². The summed E-state index contributed by atoms with van der Waals surface area (Å²) in [5.74, 6) is 3.13. The quantitative estimate of drug-likeness (QED) is 0.664. The number of aromatic nitrogens is 1. The average molecular weight is 259 g/mol. The van der Waals surface area contributed by atoms with Crippen LogP contribution in [0.25, 0.3) is 0 Å². The SMILES string of the molecule is C#Cc1cc(OC[C@@H]2CCN2)cnc1Cl.Cl. The molecule has 0 spiro atoms. The molecule has 2 heterocycles. The summed E-state index contributed by atoms with van der Waals surface area (Å²) >= 11 is 5.78. The van der Waals surface area contributed by atoms with Crippen molar-refractivity contribution in [2.75, 3.05) is 13.2 Å². The Hall–Kier alpha value is -0.950. The molecule has 1 saturated heterocycles. The van der Waals surface area contributed by atoms with Gasteiger partial charge < -0.3 is 10.1 Å². The van der Waals surface area contributed by atoms with E-state index in [1.165, 1.54) is 0 Å². The van der Waals surface area contributed by atoms with Gasteiger partial charge in [0.2, 0.25) is 0 Å². The van der Waals surface area contributed by atoms with Crippen molar-refractivity contribution in [3.63, 3.8) is 0 Å². The molecule has 1 aliphatic heterocycles. The minimum absolute atomic E-state index is 0. The van der Waals surface area contributed by atoms with Crippen LogP contribution in [0.3, 0.4) is 0 Å². The molecule has 2 rings (SSSR count). The van der Waals surface area contributed by atoms with Gasteiger partial charge in [0.1, 0.15) is 17.5 Å². The monoisotopic (exact) mass is 258 g/mol. The molecular weight excluding hydrogens is 247 g/mol. The van der Waals surface area contributed by atoms with Crippen molar-refractivity contribution in [1.29, 1.82) is 0 Å². The van der Waals surface area contributed by atoms with Gasteiger partial charge in [-0.25, -0.2) is 4.98 Å². The summed E-state index contributed by atoms with van der Waals surface area (Å²) in [4.78, 5) is 3.95. The van der Waals surface area contributed by atoms with Crippen LogP contribution >= 0.6 is 24.0 Å². The highest BCUT2D eigenvalue weighted by molar-refractivity contribution is 6.30. The maximum atomic E-state index is 5.78. The molecule has 0 saturated carbocycles. The molecule has 3 nitrogen and oxygen atoms in total. The number of hydrogen-bond donors (Lipinski definition) is 1. The van der Waals surface area contributed by atoms with Gasteiger partial charge in [-0.2, -0.15) is 0 Å². The van der Waals surface area contributed by atoms with E-state index in [9.17, 15) is 0 Å². The van der Waals surface area contributed by atoms with E-state index >= 15 is 0 Å². The number of hydrogen-bond acceptors (Lipinski definition) is 3. The second kappa shape index (κ2) is 5.95. The lowest BCUT2D eigenvalue weighted by Gasteiger charge is -2.27. The lowest BCUT2D eigenvalue weighted by atomic mass is 10.1. The van der Waals surface area contributed by atoms with Crippen molar-refractivity contribution >= 4 is 24.0 Å². The summed E-state index contributed by atoms with van der Waals surface area (Å²) in [6, 6.07) is 2.18. The Morgan fingerprint density at radius 3 is 3.00 bits per heavy atom. The Morgan fingerprint density at radius 1 is 1.69 bits per heavy atom. The van der Waals surface area contributed by atoms with Gasteiger partial charge in [0.25, 0.3) is 0 Å².